The molecule has 0 unspecified atom stereocenters. The van der Waals surface area contributed by atoms with Gasteiger partial charge in [0.25, 0.3) is 0 Å². The zero-order chi connectivity index (χ0) is 20.9. The minimum absolute atomic E-state index is 0.0393. The molecule has 150 valence electrons. The second-order valence-electron chi connectivity index (χ2n) is 7.08. The minimum atomic E-state index is -0.451. The summed E-state index contributed by atoms with van der Waals surface area (Å²) in [6, 6.07) is 21.3. The molecule has 5 nitrogen and oxygen atoms in total. The van der Waals surface area contributed by atoms with E-state index >= 15 is 0 Å². The lowest BCUT2D eigenvalue weighted by atomic mass is 9.98. The van der Waals surface area contributed by atoms with Crippen molar-refractivity contribution in [3.05, 3.63) is 83.4 Å². The van der Waals surface area contributed by atoms with Crippen LogP contribution in [0.3, 0.4) is 0 Å². The summed E-state index contributed by atoms with van der Waals surface area (Å²) in [5.74, 6) is 6.01. The molecule has 0 radical (unpaired) electrons. The molecule has 3 aromatic carbocycles. The molecule has 1 aliphatic carbocycles. The van der Waals surface area contributed by atoms with E-state index in [0.717, 1.165) is 0 Å². The fraction of sp³-hybridized carbons (Fsp3) is 0.160. The van der Waals surface area contributed by atoms with Crippen molar-refractivity contribution in [2.24, 2.45) is 0 Å². The molecule has 1 aliphatic rings. The van der Waals surface area contributed by atoms with Gasteiger partial charge in [0.15, 0.2) is 0 Å². The van der Waals surface area contributed by atoms with Crippen LogP contribution in [0.4, 0.5) is 10.5 Å². The zero-order valence-electron chi connectivity index (χ0n) is 16.4. The van der Waals surface area contributed by atoms with Crippen molar-refractivity contribution in [3.63, 3.8) is 0 Å². The van der Waals surface area contributed by atoms with Crippen molar-refractivity contribution < 1.29 is 14.6 Å². The van der Waals surface area contributed by atoms with E-state index in [9.17, 15) is 9.90 Å². The number of phenols is 1. The van der Waals surface area contributed by atoms with Crippen molar-refractivity contribution in [2.45, 2.75) is 12.3 Å². The van der Waals surface area contributed by atoms with E-state index in [4.69, 9.17) is 10.5 Å². The van der Waals surface area contributed by atoms with E-state index in [1.165, 1.54) is 28.3 Å². The average molecular weight is 398 g/mol. The molecule has 0 spiro atoms. The number of carbonyl (C=O) groups excluding carboxylic acids is 1. The summed E-state index contributed by atoms with van der Waals surface area (Å²) in [5.41, 5.74) is 11.4. The van der Waals surface area contributed by atoms with Gasteiger partial charge in [0.05, 0.1) is 5.69 Å². The van der Waals surface area contributed by atoms with Gasteiger partial charge in [-0.25, -0.2) is 4.79 Å². The molecule has 0 bridgehead atoms. The number of benzene rings is 3. The molecule has 3 aromatic rings. The fourth-order valence-corrected chi connectivity index (χ4v) is 3.67. The molecule has 5 heteroatoms. The van der Waals surface area contributed by atoms with Crippen LogP contribution in [-0.2, 0) is 4.74 Å². The molecule has 0 aliphatic heterocycles. The maximum atomic E-state index is 12.1. The van der Waals surface area contributed by atoms with Crippen LogP contribution in [0.1, 0.15) is 29.0 Å². The normalized spacial score (nSPS) is 11.7. The van der Waals surface area contributed by atoms with Gasteiger partial charge in [0, 0.05) is 24.4 Å². The largest absolute Gasteiger partial charge is 0.506 e. The Balaban J connectivity index is 1.29. The first-order chi connectivity index (χ1) is 14.6. The van der Waals surface area contributed by atoms with Gasteiger partial charge >= 0.3 is 6.09 Å². The number of phenolic OH excluding ortho intramolecular Hbond substituents is 1. The van der Waals surface area contributed by atoms with Gasteiger partial charge in [-0.05, 0) is 40.5 Å². The van der Waals surface area contributed by atoms with Crippen molar-refractivity contribution >= 4 is 11.8 Å². The summed E-state index contributed by atoms with van der Waals surface area (Å²) in [5, 5.41) is 12.2. The minimum Gasteiger partial charge on any atom is -0.506 e. The number of aromatic hydroxyl groups is 1. The van der Waals surface area contributed by atoms with Crippen LogP contribution >= 0.6 is 0 Å². The first-order valence-corrected chi connectivity index (χ1v) is 9.79. The number of alkyl carbamates (subject to hydrolysis) is 1. The molecule has 30 heavy (non-hydrogen) atoms. The number of hydrogen-bond donors (Lipinski definition) is 3. The Morgan fingerprint density at radius 3 is 2.37 bits per heavy atom. The second kappa shape index (κ2) is 8.62. The average Bonchev–Trinajstić information content (AvgIpc) is 3.08. The standard InChI is InChI=1S/C25H22N2O3/c26-23-15-17(12-13-24(23)28)7-5-6-14-27-25(29)30-16-22-20-10-3-1-8-18(20)19-9-2-4-11-21(19)22/h1-4,8-13,15,22,28H,6,14,16,26H2,(H,27,29). The summed E-state index contributed by atoms with van der Waals surface area (Å²) in [7, 11) is 0. The fourth-order valence-electron chi connectivity index (χ4n) is 3.67. The summed E-state index contributed by atoms with van der Waals surface area (Å²) in [6.45, 7) is 0.676. The molecule has 0 saturated heterocycles. The van der Waals surface area contributed by atoms with Crippen LogP contribution in [0, 0.1) is 11.8 Å². The van der Waals surface area contributed by atoms with Crippen molar-refractivity contribution in [2.75, 3.05) is 18.9 Å². The second-order valence-corrected chi connectivity index (χ2v) is 7.08. The van der Waals surface area contributed by atoms with Crippen LogP contribution in [0.25, 0.3) is 11.1 Å². The van der Waals surface area contributed by atoms with E-state index in [2.05, 4.69) is 41.4 Å². The highest BCUT2D eigenvalue weighted by Gasteiger charge is 2.28. The number of anilines is 1. The lowest BCUT2D eigenvalue weighted by Crippen LogP contribution is -2.26. The Bertz CT molecular complexity index is 1100. The Morgan fingerprint density at radius 2 is 1.70 bits per heavy atom. The van der Waals surface area contributed by atoms with Crippen LogP contribution in [0.2, 0.25) is 0 Å². The third-order valence-corrected chi connectivity index (χ3v) is 5.12. The van der Waals surface area contributed by atoms with E-state index in [-0.39, 0.29) is 11.7 Å². The number of nitrogens with one attached hydrogen (secondary N) is 1. The van der Waals surface area contributed by atoms with Gasteiger partial charge in [-0.3, -0.25) is 0 Å². The van der Waals surface area contributed by atoms with Crippen molar-refractivity contribution in [3.8, 4) is 28.7 Å². The van der Waals surface area contributed by atoms with Crippen LogP contribution in [0.5, 0.6) is 5.75 Å². The summed E-state index contributed by atoms with van der Waals surface area (Å²) in [4.78, 5) is 12.1. The quantitative estimate of drug-likeness (QED) is 0.265. The monoisotopic (exact) mass is 398 g/mol. The van der Waals surface area contributed by atoms with Gasteiger partial charge in [0.1, 0.15) is 12.4 Å². The summed E-state index contributed by atoms with van der Waals surface area (Å²) < 4.78 is 5.49. The number of nitrogens with two attached hydrogens (primary N) is 1. The molecular weight excluding hydrogens is 376 g/mol. The van der Waals surface area contributed by atoms with E-state index in [1.807, 2.05) is 24.3 Å². The van der Waals surface area contributed by atoms with Gasteiger partial charge in [-0.1, -0.05) is 60.4 Å². The lowest BCUT2D eigenvalue weighted by Gasteiger charge is -2.14. The summed E-state index contributed by atoms with van der Waals surface area (Å²) in [6.07, 6.45) is 0.0258. The maximum absolute atomic E-state index is 12.1. The van der Waals surface area contributed by atoms with Crippen LogP contribution in [-0.4, -0.2) is 24.4 Å². The topological polar surface area (TPSA) is 84.6 Å². The number of hydrogen-bond acceptors (Lipinski definition) is 4. The van der Waals surface area contributed by atoms with E-state index in [1.54, 1.807) is 12.1 Å². The van der Waals surface area contributed by atoms with Gasteiger partial charge in [-0.15, -0.1) is 0 Å². The van der Waals surface area contributed by atoms with Crippen molar-refractivity contribution in [1.29, 1.82) is 0 Å². The Labute approximate surface area is 175 Å². The first-order valence-electron chi connectivity index (χ1n) is 9.79. The number of carbonyl (C=O) groups is 1. The molecular formula is C25H22N2O3. The Morgan fingerprint density at radius 1 is 1.03 bits per heavy atom. The van der Waals surface area contributed by atoms with Gasteiger partial charge < -0.3 is 20.9 Å². The molecule has 0 heterocycles. The SMILES string of the molecule is Nc1cc(C#CCCNC(=O)OCC2c3ccccc3-c3ccccc32)ccc1O. The smallest absolute Gasteiger partial charge is 0.407 e. The number of fused-ring (bicyclic) bond motifs is 3. The Kier molecular flexibility index (Phi) is 5.58. The third kappa shape index (κ3) is 4.08. The van der Waals surface area contributed by atoms with E-state index in [0.29, 0.717) is 30.8 Å². The molecule has 0 saturated carbocycles. The van der Waals surface area contributed by atoms with E-state index < -0.39 is 6.09 Å². The Hall–Kier alpha value is -3.91. The van der Waals surface area contributed by atoms with Crippen LogP contribution in [0.15, 0.2) is 66.7 Å². The van der Waals surface area contributed by atoms with Gasteiger partial charge in [0.2, 0.25) is 0 Å². The number of ether oxygens (including phenoxy) is 1. The molecule has 0 fully saturated rings. The lowest BCUT2D eigenvalue weighted by molar-refractivity contribution is 0.143. The molecule has 0 atom stereocenters. The van der Waals surface area contributed by atoms with Gasteiger partial charge in [-0.2, -0.15) is 0 Å². The number of amides is 1. The van der Waals surface area contributed by atoms with Crippen molar-refractivity contribution in [1.82, 2.24) is 5.32 Å². The molecule has 0 aromatic heterocycles. The maximum Gasteiger partial charge on any atom is 0.407 e. The van der Waals surface area contributed by atoms with Crippen LogP contribution < -0.4 is 11.1 Å². The highest BCUT2D eigenvalue weighted by atomic mass is 16.5. The predicted molar refractivity (Wildman–Crippen MR) is 117 cm³/mol. The highest BCUT2D eigenvalue weighted by Crippen LogP contribution is 2.44. The molecule has 4 rings (SSSR count). The number of nitrogen functional groups attached to an aromatic ring is 1. The highest BCUT2D eigenvalue weighted by molar-refractivity contribution is 5.79. The third-order valence-electron chi connectivity index (χ3n) is 5.12. The number of rotatable bonds is 4. The predicted octanol–water partition coefficient (Wildman–Crippen LogP) is 4.25. The first kappa shape index (κ1) is 19.4. The zero-order valence-corrected chi connectivity index (χ0v) is 16.4. The molecule has 4 N–H and O–H groups in total. The summed E-state index contributed by atoms with van der Waals surface area (Å²) >= 11 is 0. The molecule has 1 amide bonds.